The SMILES string of the molecule is Cc1c2n(c3cnoc13)CCCCCCC2. The van der Waals surface area contributed by atoms with Gasteiger partial charge in [0, 0.05) is 17.8 Å². The molecule has 0 saturated heterocycles. The third-order valence-corrected chi connectivity index (χ3v) is 3.74. The topological polar surface area (TPSA) is 31.0 Å². The Morgan fingerprint density at radius 2 is 2.00 bits per heavy atom. The molecular formula is C13H18N2O. The molecule has 0 N–H and O–H groups in total. The second-order valence-corrected chi connectivity index (χ2v) is 4.78. The van der Waals surface area contributed by atoms with Gasteiger partial charge in [-0.25, -0.2) is 0 Å². The molecule has 2 aromatic rings. The van der Waals surface area contributed by atoms with Crippen molar-refractivity contribution in [2.75, 3.05) is 0 Å². The molecule has 0 spiro atoms. The summed E-state index contributed by atoms with van der Waals surface area (Å²) >= 11 is 0. The lowest BCUT2D eigenvalue weighted by Gasteiger charge is -2.08. The van der Waals surface area contributed by atoms with Crippen molar-refractivity contribution < 1.29 is 4.52 Å². The number of fused-ring (bicyclic) bond motifs is 3. The van der Waals surface area contributed by atoms with Crippen LogP contribution < -0.4 is 0 Å². The highest BCUT2D eigenvalue weighted by Crippen LogP contribution is 2.28. The second-order valence-electron chi connectivity index (χ2n) is 4.78. The minimum Gasteiger partial charge on any atom is -0.354 e. The van der Waals surface area contributed by atoms with Crippen molar-refractivity contribution in [3.05, 3.63) is 17.5 Å². The largest absolute Gasteiger partial charge is 0.354 e. The minimum absolute atomic E-state index is 0.996. The van der Waals surface area contributed by atoms with Crippen LogP contribution in [0, 0.1) is 6.92 Å². The average molecular weight is 218 g/mol. The van der Waals surface area contributed by atoms with Gasteiger partial charge in [-0.3, -0.25) is 0 Å². The molecule has 2 aromatic heterocycles. The first kappa shape index (κ1) is 9.94. The van der Waals surface area contributed by atoms with Crippen LogP contribution in [0.2, 0.25) is 0 Å². The van der Waals surface area contributed by atoms with Gasteiger partial charge >= 0.3 is 0 Å². The van der Waals surface area contributed by atoms with Crippen molar-refractivity contribution in [2.24, 2.45) is 0 Å². The van der Waals surface area contributed by atoms with E-state index >= 15 is 0 Å². The quantitative estimate of drug-likeness (QED) is 0.678. The summed E-state index contributed by atoms with van der Waals surface area (Å²) in [6.45, 7) is 3.29. The molecule has 1 aliphatic heterocycles. The molecular weight excluding hydrogens is 200 g/mol. The van der Waals surface area contributed by atoms with E-state index in [1.165, 1.54) is 55.3 Å². The summed E-state index contributed by atoms with van der Waals surface area (Å²) in [5.74, 6) is 0. The highest BCUT2D eigenvalue weighted by Gasteiger charge is 2.17. The van der Waals surface area contributed by atoms with Crippen LogP contribution in [-0.2, 0) is 13.0 Å². The molecule has 0 aliphatic carbocycles. The zero-order valence-corrected chi connectivity index (χ0v) is 9.83. The maximum Gasteiger partial charge on any atom is 0.187 e. The van der Waals surface area contributed by atoms with Crippen molar-refractivity contribution >= 4 is 11.1 Å². The zero-order chi connectivity index (χ0) is 11.0. The molecule has 3 heterocycles. The normalized spacial score (nSPS) is 17.8. The van der Waals surface area contributed by atoms with Gasteiger partial charge < -0.3 is 9.09 Å². The highest BCUT2D eigenvalue weighted by atomic mass is 16.5. The number of aromatic nitrogens is 2. The van der Waals surface area contributed by atoms with E-state index in [0.29, 0.717) is 0 Å². The minimum atomic E-state index is 0.996. The Hall–Kier alpha value is -1.25. The van der Waals surface area contributed by atoms with Gasteiger partial charge in [-0.15, -0.1) is 0 Å². The number of hydrogen-bond donors (Lipinski definition) is 0. The van der Waals surface area contributed by atoms with Crippen molar-refractivity contribution in [3.63, 3.8) is 0 Å². The van der Waals surface area contributed by atoms with Gasteiger partial charge in [0.2, 0.25) is 0 Å². The Morgan fingerprint density at radius 1 is 1.19 bits per heavy atom. The van der Waals surface area contributed by atoms with Crippen LogP contribution >= 0.6 is 0 Å². The number of hydrogen-bond acceptors (Lipinski definition) is 2. The predicted molar refractivity (Wildman–Crippen MR) is 63.5 cm³/mol. The van der Waals surface area contributed by atoms with Gasteiger partial charge in [-0.1, -0.05) is 24.4 Å². The van der Waals surface area contributed by atoms with Crippen molar-refractivity contribution in [1.82, 2.24) is 9.72 Å². The first-order chi connectivity index (χ1) is 7.88. The standard InChI is InChI=1S/C13H18N2O/c1-10-11-7-5-3-2-4-6-8-15(11)12-9-14-16-13(10)12/h9H,2-8H2,1H3. The molecule has 3 rings (SSSR count). The summed E-state index contributed by atoms with van der Waals surface area (Å²) in [5, 5.41) is 3.91. The number of rotatable bonds is 0. The van der Waals surface area contributed by atoms with Gasteiger partial charge in [-0.2, -0.15) is 0 Å². The van der Waals surface area contributed by atoms with Crippen LogP contribution in [0.5, 0.6) is 0 Å². The fraction of sp³-hybridized carbons (Fsp3) is 0.615. The third-order valence-electron chi connectivity index (χ3n) is 3.74. The number of aryl methyl sites for hydroxylation is 2. The van der Waals surface area contributed by atoms with Crippen molar-refractivity contribution in [2.45, 2.75) is 52.0 Å². The molecule has 0 atom stereocenters. The zero-order valence-electron chi connectivity index (χ0n) is 9.83. The lowest BCUT2D eigenvalue weighted by Crippen LogP contribution is -2.03. The van der Waals surface area contributed by atoms with Gasteiger partial charge in [0.15, 0.2) is 5.58 Å². The van der Waals surface area contributed by atoms with Crippen molar-refractivity contribution in [1.29, 1.82) is 0 Å². The van der Waals surface area contributed by atoms with E-state index in [0.717, 1.165) is 12.1 Å². The molecule has 0 radical (unpaired) electrons. The fourth-order valence-corrected chi connectivity index (χ4v) is 2.84. The van der Waals surface area contributed by atoms with Crippen LogP contribution in [0.3, 0.4) is 0 Å². The van der Waals surface area contributed by atoms with Crippen LogP contribution in [0.15, 0.2) is 10.7 Å². The maximum absolute atomic E-state index is 5.34. The Morgan fingerprint density at radius 3 is 2.94 bits per heavy atom. The molecule has 0 unspecified atom stereocenters. The fourth-order valence-electron chi connectivity index (χ4n) is 2.84. The molecule has 0 fully saturated rings. The van der Waals surface area contributed by atoms with E-state index in [9.17, 15) is 0 Å². The third kappa shape index (κ3) is 1.46. The van der Waals surface area contributed by atoms with E-state index in [1.807, 2.05) is 6.20 Å². The summed E-state index contributed by atoms with van der Waals surface area (Å²) in [4.78, 5) is 0. The maximum atomic E-state index is 5.34. The Bertz CT molecular complexity index is 495. The van der Waals surface area contributed by atoms with Crippen LogP contribution in [0.1, 0.15) is 43.4 Å². The first-order valence-electron chi connectivity index (χ1n) is 6.30. The predicted octanol–water partition coefficient (Wildman–Crippen LogP) is 3.44. The molecule has 1 aliphatic rings. The van der Waals surface area contributed by atoms with Crippen molar-refractivity contribution in [3.8, 4) is 0 Å². The smallest absolute Gasteiger partial charge is 0.187 e. The first-order valence-corrected chi connectivity index (χ1v) is 6.30. The lowest BCUT2D eigenvalue weighted by molar-refractivity contribution is 0.455. The average Bonchev–Trinajstić information content (AvgIpc) is 2.85. The molecule has 3 nitrogen and oxygen atoms in total. The van der Waals surface area contributed by atoms with Crippen LogP contribution in [-0.4, -0.2) is 9.72 Å². The molecule has 0 bridgehead atoms. The molecule has 0 aromatic carbocycles. The molecule has 0 saturated carbocycles. The van der Waals surface area contributed by atoms with Gasteiger partial charge in [-0.05, 0) is 26.2 Å². The summed E-state index contributed by atoms with van der Waals surface area (Å²) in [6, 6.07) is 0. The monoisotopic (exact) mass is 218 g/mol. The molecule has 16 heavy (non-hydrogen) atoms. The number of nitrogens with zero attached hydrogens (tertiary/aromatic N) is 2. The van der Waals surface area contributed by atoms with Crippen LogP contribution in [0.25, 0.3) is 11.1 Å². The van der Waals surface area contributed by atoms with Gasteiger partial charge in [0.25, 0.3) is 0 Å². The summed E-state index contributed by atoms with van der Waals surface area (Å²) in [7, 11) is 0. The van der Waals surface area contributed by atoms with Gasteiger partial charge in [0.1, 0.15) is 5.52 Å². The summed E-state index contributed by atoms with van der Waals surface area (Å²) < 4.78 is 7.77. The Balaban J connectivity index is 2.11. The summed E-state index contributed by atoms with van der Waals surface area (Å²) in [5.41, 5.74) is 4.96. The lowest BCUT2D eigenvalue weighted by atomic mass is 10.1. The molecule has 0 amide bonds. The van der Waals surface area contributed by atoms with E-state index in [-0.39, 0.29) is 0 Å². The van der Waals surface area contributed by atoms with E-state index < -0.39 is 0 Å². The second kappa shape index (κ2) is 3.96. The Kier molecular flexibility index (Phi) is 2.46. The van der Waals surface area contributed by atoms with E-state index in [1.54, 1.807) is 0 Å². The van der Waals surface area contributed by atoms with E-state index in [2.05, 4.69) is 16.6 Å². The summed E-state index contributed by atoms with van der Waals surface area (Å²) in [6.07, 6.45) is 9.74. The molecule has 3 heteroatoms. The van der Waals surface area contributed by atoms with E-state index in [4.69, 9.17) is 4.52 Å². The highest BCUT2D eigenvalue weighted by molar-refractivity contribution is 5.78. The van der Waals surface area contributed by atoms with Crippen LogP contribution in [0.4, 0.5) is 0 Å². The molecule has 86 valence electrons. The Labute approximate surface area is 95.4 Å². The van der Waals surface area contributed by atoms with Gasteiger partial charge in [0.05, 0.1) is 6.20 Å².